The minimum absolute atomic E-state index is 0.536. The number of anilines is 3. The lowest BCUT2D eigenvalue weighted by molar-refractivity contribution is 1.42. The van der Waals surface area contributed by atoms with Crippen LogP contribution in [-0.2, 0) is 0 Å². The predicted molar refractivity (Wildman–Crippen MR) is 75.0 cm³/mol. The monoisotopic (exact) mass is 257 g/mol. The van der Waals surface area contributed by atoms with Crippen LogP contribution < -0.4 is 11.1 Å². The van der Waals surface area contributed by atoms with Gasteiger partial charge in [-0.25, -0.2) is 0 Å². The Morgan fingerprint density at radius 1 is 1.22 bits per heavy atom. The third-order valence-corrected chi connectivity index (χ3v) is 3.13. The SMILES string of the molecule is Cc1c(Cl)cccc1Nc1ccc(C#N)cc1N. The average molecular weight is 258 g/mol. The van der Waals surface area contributed by atoms with Crippen molar-refractivity contribution < 1.29 is 0 Å². The summed E-state index contributed by atoms with van der Waals surface area (Å²) in [5, 5.41) is 12.7. The van der Waals surface area contributed by atoms with Crippen LogP contribution in [-0.4, -0.2) is 0 Å². The van der Waals surface area contributed by atoms with Crippen molar-refractivity contribution in [1.29, 1.82) is 5.26 Å². The highest BCUT2D eigenvalue weighted by Gasteiger charge is 2.05. The van der Waals surface area contributed by atoms with Gasteiger partial charge in [0.05, 0.1) is 23.0 Å². The maximum atomic E-state index is 8.78. The van der Waals surface area contributed by atoms with Crippen LogP contribution in [0.4, 0.5) is 17.1 Å². The number of nitrogen functional groups attached to an aromatic ring is 1. The summed E-state index contributed by atoms with van der Waals surface area (Å²) in [6.45, 7) is 1.94. The van der Waals surface area contributed by atoms with E-state index in [0.717, 1.165) is 16.9 Å². The van der Waals surface area contributed by atoms with E-state index in [1.54, 1.807) is 18.2 Å². The largest absolute Gasteiger partial charge is 0.397 e. The number of halogens is 1. The van der Waals surface area contributed by atoms with Gasteiger partial charge in [0.25, 0.3) is 0 Å². The summed E-state index contributed by atoms with van der Waals surface area (Å²) in [4.78, 5) is 0. The second-order valence-electron chi connectivity index (χ2n) is 3.95. The molecule has 0 aromatic heterocycles. The van der Waals surface area contributed by atoms with E-state index < -0.39 is 0 Å². The summed E-state index contributed by atoms with van der Waals surface area (Å²) < 4.78 is 0. The van der Waals surface area contributed by atoms with Crippen LogP contribution in [0.3, 0.4) is 0 Å². The van der Waals surface area contributed by atoms with Crippen molar-refractivity contribution in [2.24, 2.45) is 0 Å². The zero-order chi connectivity index (χ0) is 13.1. The van der Waals surface area contributed by atoms with Gasteiger partial charge in [-0.2, -0.15) is 5.26 Å². The summed E-state index contributed by atoms with van der Waals surface area (Å²) in [6, 6.07) is 12.8. The lowest BCUT2D eigenvalue weighted by Crippen LogP contribution is -1.98. The molecule has 4 heteroatoms. The molecule has 0 amide bonds. The Morgan fingerprint density at radius 3 is 2.67 bits per heavy atom. The van der Waals surface area contributed by atoms with E-state index in [1.807, 2.05) is 25.1 Å². The molecule has 0 aliphatic heterocycles. The van der Waals surface area contributed by atoms with E-state index in [1.165, 1.54) is 0 Å². The molecular formula is C14H12ClN3. The molecule has 3 N–H and O–H groups in total. The van der Waals surface area contributed by atoms with Gasteiger partial charge in [-0.1, -0.05) is 17.7 Å². The Hall–Kier alpha value is -2.18. The molecule has 0 fully saturated rings. The van der Waals surface area contributed by atoms with Crippen molar-refractivity contribution in [3.63, 3.8) is 0 Å². The molecule has 0 aliphatic rings. The number of nitrogens with two attached hydrogens (primary N) is 1. The fraction of sp³-hybridized carbons (Fsp3) is 0.0714. The normalized spacial score (nSPS) is 9.83. The van der Waals surface area contributed by atoms with E-state index in [9.17, 15) is 0 Å². The Balaban J connectivity index is 2.35. The number of nitriles is 1. The van der Waals surface area contributed by atoms with Crippen LogP contribution in [0.25, 0.3) is 0 Å². The predicted octanol–water partition coefficient (Wildman–Crippen LogP) is 3.85. The van der Waals surface area contributed by atoms with E-state index in [-0.39, 0.29) is 0 Å². The first-order valence-electron chi connectivity index (χ1n) is 5.43. The zero-order valence-electron chi connectivity index (χ0n) is 9.87. The average Bonchev–Trinajstić information content (AvgIpc) is 2.37. The Morgan fingerprint density at radius 2 is 2.00 bits per heavy atom. The van der Waals surface area contributed by atoms with Crippen LogP contribution in [0.15, 0.2) is 36.4 Å². The first kappa shape index (κ1) is 12.3. The minimum Gasteiger partial charge on any atom is -0.397 e. The standard InChI is InChI=1S/C14H12ClN3/c1-9-11(15)3-2-4-13(9)18-14-6-5-10(8-16)7-12(14)17/h2-7,18H,17H2,1H3. The van der Waals surface area contributed by atoms with Gasteiger partial charge >= 0.3 is 0 Å². The van der Waals surface area contributed by atoms with E-state index in [2.05, 4.69) is 11.4 Å². The van der Waals surface area contributed by atoms with Gasteiger partial charge in [0.1, 0.15) is 0 Å². The molecule has 0 unspecified atom stereocenters. The molecule has 0 bridgehead atoms. The van der Waals surface area contributed by atoms with E-state index in [4.69, 9.17) is 22.6 Å². The third kappa shape index (κ3) is 2.39. The number of hydrogen-bond donors (Lipinski definition) is 2. The van der Waals surface area contributed by atoms with Crippen molar-refractivity contribution in [3.05, 3.63) is 52.5 Å². The highest BCUT2D eigenvalue weighted by molar-refractivity contribution is 6.31. The van der Waals surface area contributed by atoms with Crippen LogP contribution in [0.1, 0.15) is 11.1 Å². The second-order valence-corrected chi connectivity index (χ2v) is 4.36. The van der Waals surface area contributed by atoms with Gasteiger partial charge in [-0.3, -0.25) is 0 Å². The lowest BCUT2D eigenvalue weighted by atomic mass is 10.1. The first-order chi connectivity index (χ1) is 8.61. The van der Waals surface area contributed by atoms with Gasteiger partial charge in [0.2, 0.25) is 0 Å². The van der Waals surface area contributed by atoms with E-state index in [0.29, 0.717) is 16.3 Å². The van der Waals surface area contributed by atoms with Crippen molar-refractivity contribution in [3.8, 4) is 6.07 Å². The summed E-state index contributed by atoms with van der Waals surface area (Å²) >= 11 is 6.05. The number of nitrogens with one attached hydrogen (secondary N) is 1. The molecule has 0 spiro atoms. The van der Waals surface area contributed by atoms with Crippen molar-refractivity contribution in [2.75, 3.05) is 11.1 Å². The Labute approximate surface area is 111 Å². The van der Waals surface area contributed by atoms with Gasteiger partial charge in [0, 0.05) is 10.7 Å². The highest BCUT2D eigenvalue weighted by Crippen LogP contribution is 2.29. The molecule has 0 saturated carbocycles. The van der Waals surface area contributed by atoms with Gasteiger partial charge in [-0.15, -0.1) is 0 Å². The maximum Gasteiger partial charge on any atom is 0.0992 e. The smallest absolute Gasteiger partial charge is 0.0992 e. The maximum absolute atomic E-state index is 8.78. The van der Waals surface area contributed by atoms with Crippen molar-refractivity contribution >= 4 is 28.7 Å². The number of benzene rings is 2. The van der Waals surface area contributed by atoms with Crippen LogP contribution in [0.5, 0.6) is 0 Å². The fourth-order valence-electron chi connectivity index (χ4n) is 1.63. The zero-order valence-corrected chi connectivity index (χ0v) is 10.6. The minimum atomic E-state index is 0.536. The molecule has 18 heavy (non-hydrogen) atoms. The third-order valence-electron chi connectivity index (χ3n) is 2.72. The molecule has 0 aliphatic carbocycles. The summed E-state index contributed by atoms with van der Waals surface area (Å²) in [5.41, 5.74) is 9.59. The van der Waals surface area contributed by atoms with Crippen LogP contribution in [0, 0.1) is 18.3 Å². The van der Waals surface area contributed by atoms with Gasteiger partial charge in [0.15, 0.2) is 0 Å². The van der Waals surface area contributed by atoms with Crippen LogP contribution >= 0.6 is 11.6 Å². The molecule has 0 atom stereocenters. The van der Waals surface area contributed by atoms with Crippen LogP contribution in [0.2, 0.25) is 5.02 Å². The first-order valence-corrected chi connectivity index (χ1v) is 5.81. The van der Waals surface area contributed by atoms with Gasteiger partial charge < -0.3 is 11.1 Å². The molecule has 2 aromatic carbocycles. The summed E-state index contributed by atoms with van der Waals surface area (Å²) in [7, 11) is 0. The lowest BCUT2D eigenvalue weighted by Gasteiger charge is -2.12. The topological polar surface area (TPSA) is 61.8 Å². The van der Waals surface area contributed by atoms with Crippen molar-refractivity contribution in [2.45, 2.75) is 6.92 Å². The summed E-state index contributed by atoms with van der Waals surface area (Å²) in [6.07, 6.45) is 0. The molecule has 0 saturated heterocycles. The molecule has 90 valence electrons. The molecule has 2 rings (SSSR count). The van der Waals surface area contributed by atoms with Crippen molar-refractivity contribution in [1.82, 2.24) is 0 Å². The quantitative estimate of drug-likeness (QED) is 0.804. The molecule has 0 heterocycles. The number of rotatable bonds is 2. The molecule has 0 radical (unpaired) electrons. The summed E-state index contributed by atoms with van der Waals surface area (Å²) in [5.74, 6) is 0. The number of nitrogens with zero attached hydrogens (tertiary/aromatic N) is 1. The Bertz CT molecular complexity index is 629. The molecular weight excluding hydrogens is 246 g/mol. The molecule has 2 aromatic rings. The molecule has 3 nitrogen and oxygen atoms in total. The van der Waals surface area contributed by atoms with E-state index >= 15 is 0 Å². The second kappa shape index (κ2) is 4.99. The van der Waals surface area contributed by atoms with Gasteiger partial charge in [-0.05, 0) is 42.8 Å². The Kier molecular flexibility index (Phi) is 3.40. The fourth-order valence-corrected chi connectivity index (χ4v) is 1.81. The highest BCUT2D eigenvalue weighted by atomic mass is 35.5. The number of hydrogen-bond acceptors (Lipinski definition) is 3.